The van der Waals surface area contributed by atoms with Crippen LogP contribution < -0.4 is 4.72 Å². The van der Waals surface area contributed by atoms with Crippen molar-refractivity contribution in [2.24, 2.45) is 0 Å². The van der Waals surface area contributed by atoms with E-state index in [0.717, 1.165) is 37.3 Å². The molecule has 1 aliphatic rings. The lowest BCUT2D eigenvalue weighted by molar-refractivity contribution is 0.0702. The summed E-state index contributed by atoms with van der Waals surface area (Å²) in [6.07, 6.45) is 3.55. The zero-order chi connectivity index (χ0) is 15.5. The Hall–Kier alpha value is -0.960. The van der Waals surface area contributed by atoms with Gasteiger partial charge in [-0.25, -0.2) is 17.9 Å². The van der Waals surface area contributed by atoms with Gasteiger partial charge in [-0.15, -0.1) is 11.3 Å². The maximum absolute atomic E-state index is 12.1. The topological polar surface area (TPSA) is 86.7 Å². The van der Waals surface area contributed by atoms with Gasteiger partial charge in [0.25, 0.3) is 0 Å². The van der Waals surface area contributed by atoms with Gasteiger partial charge in [0, 0.05) is 18.0 Å². The molecule has 2 N–H and O–H groups in total. The van der Waals surface area contributed by atoms with Gasteiger partial charge in [-0.05, 0) is 38.9 Å². The Morgan fingerprint density at radius 3 is 2.67 bits per heavy atom. The maximum atomic E-state index is 12.1. The van der Waals surface area contributed by atoms with E-state index in [1.807, 2.05) is 6.92 Å². The van der Waals surface area contributed by atoms with Crippen molar-refractivity contribution in [1.82, 2.24) is 9.62 Å². The van der Waals surface area contributed by atoms with Crippen LogP contribution in [0.15, 0.2) is 16.3 Å². The largest absolute Gasteiger partial charge is 0.477 e. The fraction of sp³-hybridized carbons (Fsp3) is 0.615. The summed E-state index contributed by atoms with van der Waals surface area (Å²) in [7, 11) is -3.64. The molecule has 0 radical (unpaired) electrons. The van der Waals surface area contributed by atoms with Gasteiger partial charge in [0.15, 0.2) is 0 Å². The Morgan fingerprint density at radius 2 is 2.10 bits per heavy atom. The number of aromatic carboxylic acids is 1. The normalized spacial score (nSPS) is 18.5. The van der Waals surface area contributed by atoms with E-state index in [9.17, 15) is 13.2 Å². The predicted molar refractivity (Wildman–Crippen MR) is 81.4 cm³/mol. The van der Waals surface area contributed by atoms with E-state index >= 15 is 0 Å². The van der Waals surface area contributed by atoms with E-state index in [2.05, 4.69) is 9.62 Å². The summed E-state index contributed by atoms with van der Waals surface area (Å²) in [5.41, 5.74) is 0. The molecule has 0 spiro atoms. The zero-order valence-electron chi connectivity index (χ0n) is 11.9. The number of rotatable bonds is 6. The van der Waals surface area contributed by atoms with Crippen LogP contribution >= 0.6 is 11.3 Å². The van der Waals surface area contributed by atoms with Gasteiger partial charge < -0.3 is 5.11 Å². The van der Waals surface area contributed by atoms with Crippen molar-refractivity contribution in [3.05, 3.63) is 16.3 Å². The van der Waals surface area contributed by atoms with Crippen molar-refractivity contribution in [3.8, 4) is 0 Å². The van der Waals surface area contributed by atoms with Gasteiger partial charge in [0.2, 0.25) is 10.0 Å². The molecule has 21 heavy (non-hydrogen) atoms. The molecule has 1 aromatic heterocycles. The SMILES string of the molecule is CC(CNS(=O)(=O)c1csc(C(=O)O)c1)N1CCCCC1. The molecular formula is C13H20N2O4S2. The Balaban J connectivity index is 1.95. The highest BCUT2D eigenvalue weighted by Gasteiger charge is 2.22. The molecule has 1 aliphatic heterocycles. The average Bonchev–Trinajstić information content (AvgIpc) is 2.97. The summed E-state index contributed by atoms with van der Waals surface area (Å²) in [6, 6.07) is 1.33. The molecule has 0 saturated carbocycles. The molecule has 6 nitrogen and oxygen atoms in total. The summed E-state index contributed by atoms with van der Waals surface area (Å²) in [5.74, 6) is -1.11. The number of hydrogen-bond donors (Lipinski definition) is 2. The summed E-state index contributed by atoms with van der Waals surface area (Å²) in [4.78, 5) is 13.1. The van der Waals surface area contributed by atoms with Gasteiger partial charge in [-0.1, -0.05) is 6.42 Å². The molecular weight excluding hydrogens is 312 g/mol. The molecule has 0 amide bonds. The monoisotopic (exact) mass is 332 g/mol. The van der Waals surface area contributed by atoms with Gasteiger partial charge in [-0.2, -0.15) is 0 Å². The molecule has 1 fully saturated rings. The molecule has 0 bridgehead atoms. The van der Waals surface area contributed by atoms with E-state index < -0.39 is 16.0 Å². The van der Waals surface area contributed by atoms with Crippen molar-refractivity contribution in [2.45, 2.75) is 37.1 Å². The molecule has 8 heteroatoms. The van der Waals surface area contributed by atoms with Gasteiger partial charge >= 0.3 is 5.97 Å². The van der Waals surface area contributed by atoms with Crippen LogP contribution in [0, 0.1) is 0 Å². The molecule has 2 heterocycles. The fourth-order valence-corrected chi connectivity index (χ4v) is 4.61. The number of carbonyl (C=O) groups is 1. The second kappa shape index (κ2) is 6.87. The molecule has 118 valence electrons. The average molecular weight is 332 g/mol. The van der Waals surface area contributed by atoms with Crippen LogP contribution in [0.2, 0.25) is 0 Å². The molecule has 2 rings (SSSR count). The number of sulfonamides is 1. The van der Waals surface area contributed by atoms with Gasteiger partial charge in [-0.3, -0.25) is 4.90 Å². The summed E-state index contributed by atoms with van der Waals surface area (Å²) in [6.45, 7) is 4.35. The first-order valence-electron chi connectivity index (χ1n) is 6.95. The van der Waals surface area contributed by atoms with E-state index in [4.69, 9.17) is 5.11 Å². The Labute approximate surface area is 128 Å². The number of thiophene rings is 1. The number of hydrogen-bond acceptors (Lipinski definition) is 5. The Bertz CT molecular complexity index is 591. The molecule has 1 saturated heterocycles. The van der Waals surface area contributed by atoms with E-state index in [0.29, 0.717) is 6.54 Å². The van der Waals surface area contributed by atoms with Crippen molar-refractivity contribution >= 4 is 27.3 Å². The molecule has 1 unspecified atom stereocenters. The number of carboxylic acid groups (broad SMARTS) is 1. The van der Waals surface area contributed by atoms with E-state index in [1.54, 1.807) is 0 Å². The minimum Gasteiger partial charge on any atom is -0.477 e. The van der Waals surface area contributed by atoms with Crippen LogP contribution in [0.3, 0.4) is 0 Å². The Morgan fingerprint density at radius 1 is 1.43 bits per heavy atom. The van der Waals surface area contributed by atoms with Crippen LogP contribution in [0.25, 0.3) is 0 Å². The third-order valence-corrected chi connectivity index (χ3v) is 6.15. The first kappa shape index (κ1) is 16.4. The summed E-state index contributed by atoms with van der Waals surface area (Å²) >= 11 is 0.918. The van der Waals surface area contributed by atoms with Crippen LogP contribution in [-0.4, -0.2) is 50.1 Å². The lowest BCUT2D eigenvalue weighted by Gasteiger charge is -2.32. The molecule has 0 aromatic carbocycles. The van der Waals surface area contributed by atoms with Crippen molar-refractivity contribution < 1.29 is 18.3 Å². The van der Waals surface area contributed by atoms with E-state index in [-0.39, 0.29) is 15.8 Å². The van der Waals surface area contributed by atoms with Gasteiger partial charge in [0.1, 0.15) is 4.88 Å². The second-order valence-corrected chi connectivity index (χ2v) is 7.93. The van der Waals surface area contributed by atoms with Crippen LogP contribution in [0.1, 0.15) is 35.9 Å². The minimum absolute atomic E-state index is 0.0238. The molecule has 1 atom stereocenters. The van der Waals surface area contributed by atoms with E-state index in [1.165, 1.54) is 17.9 Å². The summed E-state index contributed by atoms with van der Waals surface area (Å²) < 4.78 is 26.8. The smallest absolute Gasteiger partial charge is 0.345 e. The van der Waals surface area contributed by atoms with Crippen molar-refractivity contribution in [1.29, 1.82) is 0 Å². The highest BCUT2D eigenvalue weighted by molar-refractivity contribution is 7.89. The van der Waals surface area contributed by atoms with Crippen molar-refractivity contribution in [3.63, 3.8) is 0 Å². The fourth-order valence-electron chi connectivity index (χ4n) is 2.37. The number of likely N-dealkylation sites (tertiary alicyclic amines) is 1. The zero-order valence-corrected chi connectivity index (χ0v) is 13.5. The van der Waals surface area contributed by atoms with Crippen LogP contribution in [0.5, 0.6) is 0 Å². The van der Waals surface area contributed by atoms with Crippen LogP contribution in [-0.2, 0) is 10.0 Å². The highest BCUT2D eigenvalue weighted by Crippen LogP contribution is 2.19. The predicted octanol–water partition coefficient (Wildman–Crippen LogP) is 1.60. The lowest BCUT2D eigenvalue weighted by atomic mass is 10.1. The number of nitrogens with one attached hydrogen (secondary N) is 1. The third-order valence-electron chi connectivity index (χ3n) is 3.68. The molecule has 0 aliphatic carbocycles. The first-order valence-corrected chi connectivity index (χ1v) is 9.32. The maximum Gasteiger partial charge on any atom is 0.345 e. The standard InChI is InChI=1S/C13H20N2O4S2/c1-10(15-5-3-2-4-6-15)8-14-21(18,19)11-7-12(13(16)17)20-9-11/h7,9-10,14H,2-6,8H2,1H3,(H,16,17). The number of nitrogens with zero attached hydrogens (tertiary/aromatic N) is 1. The first-order chi connectivity index (χ1) is 9.90. The van der Waals surface area contributed by atoms with Crippen LogP contribution in [0.4, 0.5) is 0 Å². The third kappa shape index (κ3) is 4.26. The minimum atomic E-state index is -3.64. The lowest BCUT2D eigenvalue weighted by Crippen LogP contribution is -2.44. The Kier molecular flexibility index (Phi) is 5.37. The quantitative estimate of drug-likeness (QED) is 0.826. The highest BCUT2D eigenvalue weighted by atomic mass is 32.2. The second-order valence-electron chi connectivity index (χ2n) is 5.25. The summed E-state index contributed by atoms with van der Waals surface area (Å²) in [5, 5.41) is 10.2. The van der Waals surface area contributed by atoms with Gasteiger partial charge in [0.05, 0.1) is 4.90 Å². The number of carboxylic acids is 1. The molecule has 1 aromatic rings. The number of piperidine rings is 1. The van der Waals surface area contributed by atoms with Crippen molar-refractivity contribution in [2.75, 3.05) is 19.6 Å².